The lowest BCUT2D eigenvalue weighted by Crippen LogP contribution is -2.30. The molecule has 2 rings (SSSR count). The molecular formula is C14H12BrClF2N2. The van der Waals surface area contributed by atoms with Crippen LogP contribution in [0.3, 0.4) is 0 Å². The minimum atomic E-state index is -0.539. The molecule has 6 heteroatoms. The molecule has 1 atom stereocenters. The summed E-state index contributed by atoms with van der Waals surface area (Å²) in [5.41, 5.74) is 3.30. The normalized spacial score (nSPS) is 12.4. The van der Waals surface area contributed by atoms with Crippen LogP contribution < -0.4 is 11.3 Å². The first-order valence-electron chi connectivity index (χ1n) is 5.87. The molecule has 0 heterocycles. The van der Waals surface area contributed by atoms with E-state index in [-0.39, 0.29) is 6.42 Å². The van der Waals surface area contributed by atoms with Gasteiger partial charge in [0.15, 0.2) is 0 Å². The predicted octanol–water partition coefficient (Wildman–Crippen LogP) is 4.13. The van der Waals surface area contributed by atoms with Gasteiger partial charge in [0.25, 0.3) is 0 Å². The summed E-state index contributed by atoms with van der Waals surface area (Å²) >= 11 is 8.82. The topological polar surface area (TPSA) is 38.0 Å². The van der Waals surface area contributed by atoms with Gasteiger partial charge in [0.2, 0.25) is 0 Å². The van der Waals surface area contributed by atoms with Crippen molar-refractivity contribution < 1.29 is 8.78 Å². The average Bonchev–Trinajstić information content (AvgIpc) is 2.42. The number of rotatable bonds is 4. The molecule has 2 aromatic rings. The molecule has 2 aromatic carbocycles. The van der Waals surface area contributed by atoms with Gasteiger partial charge < -0.3 is 0 Å². The van der Waals surface area contributed by atoms with Gasteiger partial charge in [-0.15, -0.1) is 0 Å². The Morgan fingerprint density at radius 3 is 2.65 bits per heavy atom. The van der Waals surface area contributed by atoms with Crippen LogP contribution in [0, 0.1) is 11.6 Å². The van der Waals surface area contributed by atoms with Gasteiger partial charge in [0.1, 0.15) is 11.6 Å². The maximum absolute atomic E-state index is 14.0. The van der Waals surface area contributed by atoms with E-state index in [1.54, 1.807) is 30.3 Å². The lowest BCUT2D eigenvalue weighted by atomic mass is 9.98. The van der Waals surface area contributed by atoms with Crippen LogP contribution >= 0.6 is 27.5 Å². The fourth-order valence-corrected chi connectivity index (χ4v) is 2.50. The van der Waals surface area contributed by atoms with Crippen LogP contribution in [0.5, 0.6) is 0 Å². The van der Waals surface area contributed by atoms with Crippen molar-refractivity contribution in [3.05, 3.63) is 68.7 Å². The molecule has 0 radical (unpaired) electrons. The SMILES string of the molecule is NNC(Cc1ccc(Cl)cc1F)c1cccc(Br)c1F. The van der Waals surface area contributed by atoms with Crippen LogP contribution in [-0.4, -0.2) is 0 Å². The molecule has 0 fully saturated rings. The number of nitrogens with one attached hydrogen (secondary N) is 1. The summed E-state index contributed by atoms with van der Waals surface area (Å²) in [7, 11) is 0. The van der Waals surface area contributed by atoms with Crippen LogP contribution in [0.1, 0.15) is 17.2 Å². The molecular weight excluding hydrogens is 350 g/mol. The third-order valence-corrected chi connectivity index (χ3v) is 3.84. The van der Waals surface area contributed by atoms with Crippen LogP contribution in [0.2, 0.25) is 5.02 Å². The van der Waals surface area contributed by atoms with Crippen molar-refractivity contribution in [3.8, 4) is 0 Å². The van der Waals surface area contributed by atoms with Gasteiger partial charge in [-0.25, -0.2) is 8.78 Å². The van der Waals surface area contributed by atoms with Crippen molar-refractivity contribution >= 4 is 27.5 Å². The third kappa shape index (κ3) is 3.35. The second-order valence-electron chi connectivity index (χ2n) is 4.30. The van der Waals surface area contributed by atoms with Crippen LogP contribution in [-0.2, 0) is 6.42 Å². The number of hydrazine groups is 1. The van der Waals surface area contributed by atoms with Gasteiger partial charge in [0, 0.05) is 10.6 Å². The van der Waals surface area contributed by atoms with Gasteiger partial charge in [-0.2, -0.15) is 0 Å². The Labute approximate surface area is 129 Å². The summed E-state index contributed by atoms with van der Waals surface area (Å²) in [4.78, 5) is 0. The Kier molecular flexibility index (Phi) is 5.10. The largest absolute Gasteiger partial charge is 0.271 e. The molecule has 0 saturated heterocycles. The number of hydrogen-bond acceptors (Lipinski definition) is 2. The molecule has 0 bridgehead atoms. The molecule has 1 unspecified atom stereocenters. The summed E-state index contributed by atoms with van der Waals surface area (Å²) in [6.45, 7) is 0. The zero-order valence-corrected chi connectivity index (χ0v) is 12.7. The molecule has 0 aromatic heterocycles. The summed E-state index contributed by atoms with van der Waals surface area (Å²) in [5.74, 6) is 4.62. The fourth-order valence-electron chi connectivity index (χ4n) is 1.96. The van der Waals surface area contributed by atoms with Crippen molar-refractivity contribution in [2.24, 2.45) is 5.84 Å². The van der Waals surface area contributed by atoms with Gasteiger partial charge in [-0.3, -0.25) is 11.3 Å². The first kappa shape index (κ1) is 15.4. The molecule has 0 spiro atoms. The molecule has 106 valence electrons. The molecule has 3 N–H and O–H groups in total. The van der Waals surface area contributed by atoms with E-state index >= 15 is 0 Å². The fraction of sp³-hybridized carbons (Fsp3) is 0.143. The quantitative estimate of drug-likeness (QED) is 0.635. The maximum Gasteiger partial charge on any atom is 0.142 e. The van der Waals surface area contributed by atoms with E-state index in [4.69, 9.17) is 17.4 Å². The lowest BCUT2D eigenvalue weighted by molar-refractivity contribution is 0.497. The number of halogens is 4. The molecule has 20 heavy (non-hydrogen) atoms. The van der Waals surface area contributed by atoms with Crippen molar-refractivity contribution in [2.45, 2.75) is 12.5 Å². The highest BCUT2D eigenvalue weighted by Gasteiger charge is 2.18. The van der Waals surface area contributed by atoms with E-state index in [9.17, 15) is 8.78 Å². The second kappa shape index (κ2) is 6.63. The van der Waals surface area contributed by atoms with E-state index in [2.05, 4.69) is 21.4 Å². The van der Waals surface area contributed by atoms with Crippen LogP contribution in [0.4, 0.5) is 8.78 Å². The Morgan fingerprint density at radius 2 is 2.00 bits per heavy atom. The van der Waals surface area contributed by atoms with E-state index in [0.717, 1.165) is 0 Å². The van der Waals surface area contributed by atoms with E-state index in [1.165, 1.54) is 6.07 Å². The standard InChI is InChI=1S/C14H12BrClF2N2/c15-11-3-1-2-10(14(11)18)13(20-19)6-8-4-5-9(16)7-12(8)17/h1-5,7,13,20H,6,19H2. The Bertz CT molecular complexity index is 622. The summed E-state index contributed by atoms with van der Waals surface area (Å²) in [5, 5.41) is 0.317. The number of hydrogen-bond donors (Lipinski definition) is 2. The van der Waals surface area contributed by atoms with Crippen molar-refractivity contribution in [1.29, 1.82) is 0 Å². The van der Waals surface area contributed by atoms with Crippen molar-refractivity contribution in [1.82, 2.24) is 5.43 Å². The first-order valence-corrected chi connectivity index (χ1v) is 7.04. The zero-order valence-electron chi connectivity index (χ0n) is 10.3. The van der Waals surface area contributed by atoms with Crippen LogP contribution in [0.15, 0.2) is 40.9 Å². The predicted molar refractivity (Wildman–Crippen MR) is 79.3 cm³/mol. The van der Waals surface area contributed by atoms with E-state index in [0.29, 0.717) is 20.6 Å². The molecule has 0 aliphatic rings. The van der Waals surface area contributed by atoms with Crippen LogP contribution in [0.25, 0.3) is 0 Å². The highest BCUT2D eigenvalue weighted by atomic mass is 79.9. The molecule has 2 nitrogen and oxygen atoms in total. The summed E-state index contributed by atoms with van der Waals surface area (Å²) < 4.78 is 28.2. The molecule has 0 saturated carbocycles. The van der Waals surface area contributed by atoms with Gasteiger partial charge in [-0.1, -0.05) is 29.8 Å². The second-order valence-corrected chi connectivity index (χ2v) is 5.59. The minimum Gasteiger partial charge on any atom is -0.271 e. The van der Waals surface area contributed by atoms with E-state index < -0.39 is 17.7 Å². The van der Waals surface area contributed by atoms with Gasteiger partial charge in [-0.05, 0) is 46.1 Å². The van der Waals surface area contributed by atoms with Gasteiger partial charge in [0.05, 0.1) is 10.5 Å². The third-order valence-electron chi connectivity index (χ3n) is 3.00. The number of nitrogens with two attached hydrogens (primary N) is 1. The minimum absolute atomic E-state index is 0.215. The Hall–Kier alpha value is -1.01. The van der Waals surface area contributed by atoms with Crippen molar-refractivity contribution in [3.63, 3.8) is 0 Å². The zero-order chi connectivity index (χ0) is 14.7. The average molecular weight is 362 g/mol. The molecule has 0 amide bonds. The molecule has 0 aliphatic heterocycles. The Balaban J connectivity index is 2.31. The van der Waals surface area contributed by atoms with Crippen molar-refractivity contribution in [2.75, 3.05) is 0 Å². The Morgan fingerprint density at radius 1 is 1.25 bits per heavy atom. The van der Waals surface area contributed by atoms with Gasteiger partial charge >= 0.3 is 0 Å². The first-order chi connectivity index (χ1) is 9.52. The highest BCUT2D eigenvalue weighted by molar-refractivity contribution is 9.10. The smallest absolute Gasteiger partial charge is 0.142 e. The summed E-state index contributed by atoms with van der Waals surface area (Å²) in [6.07, 6.45) is 0.215. The monoisotopic (exact) mass is 360 g/mol. The maximum atomic E-state index is 14.0. The van der Waals surface area contributed by atoms with E-state index in [1.807, 2.05) is 0 Å². The highest BCUT2D eigenvalue weighted by Crippen LogP contribution is 2.27. The summed E-state index contributed by atoms with van der Waals surface area (Å²) in [6, 6.07) is 8.74. The lowest BCUT2D eigenvalue weighted by Gasteiger charge is -2.18. The number of benzene rings is 2. The molecule has 0 aliphatic carbocycles.